The van der Waals surface area contributed by atoms with E-state index in [4.69, 9.17) is 0 Å². The largest absolute Gasteiger partial charge is 0.367 e. The number of rotatable bonds is 6. The lowest BCUT2D eigenvalue weighted by Gasteiger charge is -2.22. The first kappa shape index (κ1) is 19.9. The molecule has 0 saturated carbocycles. The molecule has 1 aliphatic rings. The third kappa shape index (κ3) is 4.29. The Balaban J connectivity index is 1.47. The highest BCUT2D eigenvalue weighted by molar-refractivity contribution is 5.81. The van der Waals surface area contributed by atoms with E-state index in [2.05, 4.69) is 20.8 Å². The number of aromatic nitrogens is 4. The van der Waals surface area contributed by atoms with Crippen LogP contribution in [0.5, 0.6) is 0 Å². The van der Waals surface area contributed by atoms with E-state index < -0.39 is 17.7 Å². The molecule has 1 fully saturated rings. The summed E-state index contributed by atoms with van der Waals surface area (Å²) < 4.78 is 28.8. The minimum absolute atomic E-state index is 0.156. The molecule has 1 aromatic heterocycles. The van der Waals surface area contributed by atoms with Gasteiger partial charge in [-0.3, -0.25) is 4.79 Å². The van der Waals surface area contributed by atoms with Crippen LogP contribution in [-0.4, -0.2) is 45.2 Å². The quantitative estimate of drug-likeness (QED) is 0.673. The molecule has 30 heavy (non-hydrogen) atoms. The van der Waals surface area contributed by atoms with Gasteiger partial charge in [0.15, 0.2) is 0 Å². The molecule has 0 aliphatic carbocycles. The third-order valence-electron chi connectivity index (χ3n) is 5.31. The molecule has 2 aromatic carbocycles. The monoisotopic (exact) mass is 412 g/mol. The Morgan fingerprint density at radius 2 is 2.03 bits per heavy atom. The number of nitrogens with zero attached hydrogens (tertiary/aromatic N) is 5. The van der Waals surface area contributed by atoms with Gasteiger partial charge in [0.25, 0.3) is 0 Å². The second-order valence-electron chi connectivity index (χ2n) is 7.41. The van der Waals surface area contributed by atoms with E-state index in [-0.39, 0.29) is 11.9 Å². The summed E-state index contributed by atoms with van der Waals surface area (Å²) in [4.78, 5) is 15.0. The number of aryl methyl sites for hydroxylation is 1. The summed E-state index contributed by atoms with van der Waals surface area (Å²) in [6, 6.07) is 12.4. The Bertz CT molecular complexity index is 1030. The van der Waals surface area contributed by atoms with Crippen LogP contribution in [0, 0.1) is 18.6 Å². The van der Waals surface area contributed by atoms with Gasteiger partial charge in [0.05, 0.1) is 5.69 Å². The molecule has 2 atom stereocenters. The standard InChI is InChI=1S/C21H22F2N6O/c1-14-25-26-27-29(14)20(11-15-5-3-2-4-6-15)21(30)24-17-9-10-28(13-17)19-8-7-16(22)12-18(19)23/h2-8,12,17,20H,9-11,13H2,1H3,(H,24,30). The zero-order valence-electron chi connectivity index (χ0n) is 16.5. The summed E-state index contributed by atoms with van der Waals surface area (Å²) in [5.41, 5.74) is 1.33. The molecule has 1 aliphatic heterocycles. The van der Waals surface area contributed by atoms with Crippen molar-refractivity contribution in [2.24, 2.45) is 0 Å². The van der Waals surface area contributed by atoms with Crippen LogP contribution in [0.4, 0.5) is 14.5 Å². The number of carbonyl (C=O) groups excluding carboxylic acids is 1. The number of hydrogen-bond donors (Lipinski definition) is 1. The highest BCUT2D eigenvalue weighted by Gasteiger charge is 2.30. The zero-order chi connectivity index (χ0) is 21.1. The van der Waals surface area contributed by atoms with Crippen molar-refractivity contribution in [3.63, 3.8) is 0 Å². The molecule has 2 unspecified atom stereocenters. The van der Waals surface area contributed by atoms with Crippen molar-refractivity contribution in [1.82, 2.24) is 25.5 Å². The fourth-order valence-corrected chi connectivity index (χ4v) is 3.79. The van der Waals surface area contributed by atoms with Crippen LogP contribution < -0.4 is 10.2 Å². The van der Waals surface area contributed by atoms with Gasteiger partial charge < -0.3 is 10.2 Å². The van der Waals surface area contributed by atoms with Crippen molar-refractivity contribution in [2.45, 2.75) is 31.8 Å². The number of amides is 1. The number of halogens is 2. The number of nitrogens with one attached hydrogen (secondary N) is 1. The Morgan fingerprint density at radius 3 is 2.73 bits per heavy atom. The van der Waals surface area contributed by atoms with Gasteiger partial charge >= 0.3 is 0 Å². The molecule has 1 N–H and O–H groups in total. The maximum atomic E-state index is 14.1. The lowest BCUT2D eigenvalue weighted by molar-refractivity contribution is -0.125. The fraction of sp³-hybridized carbons (Fsp3) is 0.333. The van der Waals surface area contributed by atoms with Crippen LogP contribution in [0.1, 0.15) is 23.9 Å². The molecule has 0 bridgehead atoms. The molecular weight excluding hydrogens is 390 g/mol. The molecule has 1 saturated heterocycles. The van der Waals surface area contributed by atoms with Crippen LogP contribution >= 0.6 is 0 Å². The fourth-order valence-electron chi connectivity index (χ4n) is 3.79. The lowest BCUT2D eigenvalue weighted by atomic mass is 10.0. The Hall–Kier alpha value is -3.36. The minimum Gasteiger partial charge on any atom is -0.367 e. The van der Waals surface area contributed by atoms with E-state index in [1.807, 2.05) is 35.2 Å². The molecular formula is C21H22F2N6O. The summed E-state index contributed by atoms with van der Waals surface area (Å²) in [7, 11) is 0. The van der Waals surface area contributed by atoms with Crippen LogP contribution in [0.25, 0.3) is 0 Å². The predicted octanol–water partition coefficient (Wildman–Crippen LogP) is 2.44. The van der Waals surface area contributed by atoms with Crippen LogP contribution in [0.3, 0.4) is 0 Å². The highest BCUT2D eigenvalue weighted by atomic mass is 19.1. The Morgan fingerprint density at radius 1 is 1.23 bits per heavy atom. The van der Waals surface area contributed by atoms with Crippen molar-refractivity contribution in [3.8, 4) is 0 Å². The Labute approximate surface area is 172 Å². The topological polar surface area (TPSA) is 75.9 Å². The predicted molar refractivity (Wildman–Crippen MR) is 107 cm³/mol. The number of tetrazole rings is 1. The van der Waals surface area contributed by atoms with Gasteiger partial charge in [-0.2, -0.15) is 0 Å². The molecule has 7 nitrogen and oxygen atoms in total. The summed E-state index contributed by atoms with van der Waals surface area (Å²) in [6.07, 6.45) is 1.11. The normalized spacial score (nSPS) is 17.2. The summed E-state index contributed by atoms with van der Waals surface area (Å²) in [5, 5.41) is 14.6. The average Bonchev–Trinajstić information content (AvgIpc) is 3.36. The third-order valence-corrected chi connectivity index (χ3v) is 5.31. The van der Waals surface area contributed by atoms with Gasteiger partial charge in [-0.15, -0.1) is 5.10 Å². The molecule has 0 radical (unpaired) electrons. The van der Waals surface area contributed by atoms with E-state index >= 15 is 0 Å². The van der Waals surface area contributed by atoms with E-state index in [1.165, 1.54) is 16.8 Å². The first-order chi connectivity index (χ1) is 14.5. The maximum absolute atomic E-state index is 14.1. The summed E-state index contributed by atoms with van der Waals surface area (Å²) in [6.45, 7) is 2.77. The van der Waals surface area contributed by atoms with Crippen LogP contribution in [0.2, 0.25) is 0 Å². The molecule has 156 valence electrons. The summed E-state index contributed by atoms with van der Waals surface area (Å²) in [5.74, 6) is -0.859. The maximum Gasteiger partial charge on any atom is 0.245 e. The number of carbonyl (C=O) groups is 1. The molecule has 0 spiro atoms. The van der Waals surface area contributed by atoms with Gasteiger partial charge in [-0.25, -0.2) is 13.5 Å². The van der Waals surface area contributed by atoms with Crippen molar-refractivity contribution >= 4 is 11.6 Å². The van der Waals surface area contributed by atoms with Gasteiger partial charge in [0.2, 0.25) is 5.91 Å². The van der Waals surface area contributed by atoms with Crippen LogP contribution in [0.15, 0.2) is 48.5 Å². The van der Waals surface area contributed by atoms with Gasteiger partial charge in [0, 0.05) is 31.6 Å². The van der Waals surface area contributed by atoms with Crippen molar-refractivity contribution < 1.29 is 13.6 Å². The summed E-state index contributed by atoms with van der Waals surface area (Å²) >= 11 is 0. The van der Waals surface area contributed by atoms with Crippen molar-refractivity contribution in [2.75, 3.05) is 18.0 Å². The van der Waals surface area contributed by atoms with Crippen molar-refractivity contribution in [3.05, 3.63) is 71.6 Å². The van der Waals surface area contributed by atoms with E-state index in [0.29, 0.717) is 37.4 Å². The number of anilines is 1. The lowest BCUT2D eigenvalue weighted by Crippen LogP contribution is -2.42. The second kappa shape index (κ2) is 8.56. The number of hydrogen-bond acceptors (Lipinski definition) is 5. The molecule has 1 amide bonds. The van der Waals surface area contributed by atoms with E-state index in [1.54, 1.807) is 6.92 Å². The van der Waals surface area contributed by atoms with Gasteiger partial charge in [0.1, 0.15) is 23.5 Å². The van der Waals surface area contributed by atoms with E-state index in [9.17, 15) is 13.6 Å². The molecule has 9 heteroatoms. The zero-order valence-corrected chi connectivity index (χ0v) is 16.5. The van der Waals surface area contributed by atoms with Gasteiger partial charge in [-0.1, -0.05) is 30.3 Å². The minimum atomic E-state index is -0.610. The molecule has 4 rings (SSSR count). The van der Waals surface area contributed by atoms with Gasteiger partial charge in [-0.05, 0) is 41.5 Å². The first-order valence-corrected chi connectivity index (χ1v) is 9.80. The van der Waals surface area contributed by atoms with Crippen LogP contribution in [-0.2, 0) is 11.2 Å². The smallest absolute Gasteiger partial charge is 0.245 e. The van der Waals surface area contributed by atoms with E-state index in [0.717, 1.165) is 11.6 Å². The molecule has 3 aromatic rings. The first-order valence-electron chi connectivity index (χ1n) is 9.80. The SMILES string of the molecule is Cc1nnnn1C(Cc1ccccc1)C(=O)NC1CCN(c2ccc(F)cc2F)C1. The number of benzene rings is 2. The second-order valence-corrected chi connectivity index (χ2v) is 7.41. The highest BCUT2D eigenvalue weighted by Crippen LogP contribution is 2.25. The molecule has 2 heterocycles. The Kier molecular flexibility index (Phi) is 5.69. The average molecular weight is 412 g/mol. The van der Waals surface area contributed by atoms with Crippen molar-refractivity contribution in [1.29, 1.82) is 0 Å².